The molecule has 0 fully saturated rings. The number of aryl methyl sites for hydroxylation is 2. The maximum Gasteiger partial charge on any atom is 0.232 e. The van der Waals surface area contributed by atoms with Crippen molar-refractivity contribution < 1.29 is 13.2 Å². The molecule has 0 unspecified atom stereocenters. The van der Waals surface area contributed by atoms with Crippen LogP contribution < -0.4 is 9.62 Å². The summed E-state index contributed by atoms with van der Waals surface area (Å²) in [6, 6.07) is 13.2. The summed E-state index contributed by atoms with van der Waals surface area (Å²) in [6.07, 6.45) is 1.24. The Morgan fingerprint density at radius 1 is 1.07 bits per heavy atom. The second kappa shape index (κ2) is 8.57. The van der Waals surface area contributed by atoms with Gasteiger partial charge >= 0.3 is 0 Å². The lowest BCUT2D eigenvalue weighted by Crippen LogP contribution is -2.33. The van der Waals surface area contributed by atoms with E-state index in [2.05, 4.69) is 19.2 Å². The van der Waals surface area contributed by atoms with Gasteiger partial charge in [-0.25, -0.2) is 8.42 Å². The van der Waals surface area contributed by atoms with Crippen molar-refractivity contribution in [2.75, 3.05) is 22.4 Å². The fourth-order valence-electron chi connectivity index (χ4n) is 2.90. The van der Waals surface area contributed by atoms with Crippen LogP contribution in [0.3, 0.4) is 0 Å². The van der Waals surface area contributed by atoms with E-state index in [1.54, 1.807) is 6.07 Å². The lowest BCUT2D eigenvalue weighted by molar-refractivity contribution is -0.116. The average Bonchev–Trinajstić information content (AvgIpc) is 2.57. The standard InChI is InChI=1S/C21H28N2O3S/c1-15(2)19-8-6-7-9-20(19)22-21(24)12-13-23(27(5,25)26)18-11-10-16(3)17(4)14-18/h6-11,14-15H,12-13H2,1-5H3,(H,22,24). The summed E-state index contributed by atoms with van der Waals surface area (Å²) in [6.45, 7) is 8.14. The number of hydrogen-bond acceptors (Lipinski definition) is 3. The number of carbonyl (C=O) groups is 1. The van der Waals surface area contributed by atoms with Crippen molar-refractivity contribution >= 4 is 27.3 Å². The maximum atomic E-state index is 12.4. The fourth-order valence-corrected chi connectivity index (χ4v) is 3.82. The zero-order valence-corrected chi connectivity index (χ0v) is 17.4. The van der Waals surface area contributed by atoms with Crippen molar-refractivity contribution in [2.24, 2.45) is 0 Å². The minimum Gasteiger partial charge on any atom is -0.326 e. The van der Waals surface area contributed by atoms with Gasteiger partial charge in [-0.3, -0.25) is 9.10 Å². The molecule has 2 aromatic carbocycles. The molecule has 6 heteroatoms. The van der Waals surface area contributed by atoms with E-state index in [1.165, 1.54) is 4.31 Å². The first kappa shape index (κ1) is 21.0. The van der Waals surface area contributed by atoms with Gasteiger partial charge in [0.05, 0.1) is 11.9 Å². The first-order valence-corrected chi connectivity index (χ1v) is 10.9. The second-order valence-electron chi connectivity index (χ2n) is 7.14. The highest BCUT2D eigenvalue weighted by Crippen LogP contribution is 2.24. The van der Waals surface area contributed by atoms with Gasteiger partial charge in [0.2, 0.25) is 15.9 Å². The number of anilines is 2. The van der Waals surface area contributed by atoms with Gasteiger partial charge < -0.3 is 5.32 Å². The van der Waals surface area contributed by atoms with Gasteiger partial charge in [-0.15, -0.1) is 0 Å². The Morgan fingerprint density at radius 3 is 2.33 bits per heavy atom. The van der Waals surface area contributed by atoms with Crippen LogP contribution in [0, 0.1) is 13.8 Å². The second-order valence-corrected chi connectivity index (χ2v) is 9.05. The molecule has 1 amide bonds. The smallest absolute Gasteiger partial charge is 0.232 e. The van der Waals surface area contributed by atoms with Gasteiger partial charge in [-0.2, -0.15) is 0 Å². The van der Waals surface area contributed by atoms with E-state index in [-0.39, 0.29) is 24.8 Å². The molecule has 146 valence electrons. The van der Waals surface area contributed by atoms with Gasteiger partial charge in [0.1, 0.15) is 0 Å². The first-order chi connectivity index (χ1) is 12.6. The number of amides is 1. The molecule has 5 nitrogen and oxygen atoms in total. The molecule has 0 spiro atoms. The predicted molar refractivity (Wildman–Crippen MR) is 112 cm³/mol. The molecule has 0 radical (unpaired) electrons. The van der Waals surface area contributed by atoms with Crippen molar-refractivity contribution in [3.8, 4) is 0 Å². The van der Waals surface area contributed by atoms with Crippen LogP contribution in [0.2, 0.25) is 0 Å². The minimum atomic E-state index is -3.48. The topological polar surface area (TPSA) is 66.5 Å². The van der Waals surface area contributed by atoms with Crippen LogP contribution in [-0.4, -0.2) is 27.1 Å². The predicted octanol–water partition coefficient (Wildman–Crippen LogP) is 4.22. The molecule has 0 aliphatic rings. The SMILES string of the molecule is Cc1ccc(N(CCC(=O)Nc2ccccc2C(C)C)S(C)(=O)=O)cc1C. The number of rotatable bonds is 7. The molecule has 0 aromatic heterocycles. The largest absolute Gasteiger partial charge is 0.326 e. The Bertz CT molecular complexity index is 921. The number of hydrogen-bond donors (Lipinski definition) is 1. The quantitative estimate of drug-likeness (QED) is 0.772. The van der Waals surface area contributed by atoms with Gasteiger partial charge in [0.15, 0.2) is 0 Å². The first-order valence-electron chi connectivity index (χ1n) is 9.03. The Morgan fingerprint density at radius 2 is 1.74 bits per heavy atom. The van der Waals surface area contributed by atoms with E-state index in [4.69, 9.17) is 0 Å². The van der Waals surface area contributed by atoms with E-state index < -0.39 is 10.0 Å². The van der Waals surface area contributed by atoms with Gasteiger partial charge in [-0.05, 0) is 54.7 Å². The van der Waals surface area contributed by atoms with Gasteiger partial charge in [-0.1, -0.05) is 38.1 Å². The molecule has 0 saturated heterocycles. The van der Waals surface area contributed by atoms with Crippen LogP contribution >= 0.6 is 0 Å². The van der Waals surface area contributed by atoms with Crippen molar-refractivity contribution in [3.05, 3.63) is 59.2 Å². The molecule has 27 heavy (non-hydrogen) atoms. The number of nitrogens with one attached hydrogen (secondary N) is 1. The van der Waals surface area contributed by atoms with Crippen LogP contribution in [0.1, 0.15) is 42.9 Å². The van der Waals surface area contributed by atoms with E-state index in [1.807, 2.05) is 50.2 Å². The molecule has 0 heterocycles. The molecular weight excluding hydrogens is 360 g/mol. The third kappa shape index (κ3) is 5.57. The molecular formula is C21H28N2O3S. The summed E-state index contributed by atoms with van der Waals surface area (Å²) in [5.74, 6) is 0.0742. The van der Waals surface area contributed by atoms with Crippen molar-refractivity contribution in [2.45, 2.75) is 40.0 Å². The summed E-state index contributed by atoms with van der Waals surface area (Å²) in [4.78, 5) is 12.4. The van der Waals surface area contributed by atoms with Crippen LogP contribution in [-0.2, 0) is 14.8 Å². The third-order valence-corrected chi connectivity index (χ3v) is 5.77. The van der Waals surface area contributed by atoms with E-state index >= 15 is 0 Å². The minimum absolute atomic E-state index is 0.0758. The van der Waals surface area contributed by atoms with E-state index in [0.29, 0.717) is 5.69 Å². The normalized spacial score (nSPS) is 11.5. The Labute approximate surface area is 162 Å². The summed E-state index contributed by atoms with van der Waals surface area (Å²) < 4.78 is 25.8. The van der Waals surface area contributed by atoms with Crippen LogP contribution in [0.15, 0.2) is 42.5 Å². The molecule has 0 aliphatic heterocycles. The fraction of sp³-hybridized carbons (Fsp3) is 0.381. The number of benzene rings is 2. The van der Waals surface area contributed by atoms with E-state index in [9.17, 15) is 13.2 Å². The Kier molecular flexibility index (Phi) is 6.65. The zero-order chi connectivity index (χ0) is 20.2. The molecule has 0 saturated carbocycles. The average molecular weight is 389 g/mol. The zero-order valence-electron chi connectivity index (χ0n) is 16.6. The summed E-state index contributed by atoms with van der Waals surface area (Å²) in [7, 11) is -3.48. The lowest BCUT2D eigenvalue weighted by atomic mass is 10.0. The van der Waals surface area contributed by atoms with Crippen molar-refractivity contribution in [3.63, 3.8) is 0 Å². The highest BCUT2D eigenvalue weighted by atomic mass is 32.2. The summed E-state index contributed by atoms with van der Waals surface area (Å²) in [5.41, 5.74) is 4.51. The monoisotopic (exact) mass is 388 g/mol. The van der Waals surface area contributed by atoms with Crippen LogP contribution in [0.25, 0.3) is 0 Å². The van der Waals surface area contributed by atoms with E-state index in [0.717, 1.165) is 28.6 Å². The van der Waals surface area contributed by atoms with Crippen molar-refractivity contribution in [1.82, 2.24) is 0 Å². The number of nitrogens with zero attached hydrogens (tertiary/aromatic N) is 1. The van der Waals surface area contributed by atoms with Gasteiger partial charge in [0, 0.05) is 18.7 Å². The number of para-hydroxylation sites is 1. The molecule has 2 rings (SSSR count). The third-order valence-electron chi connectivity index (χ3n) is 4.58. The molecule has 2 aromatic rings. The maximum absolute atomic E-state index is 12.4. The molecule has 1 N–H and O–H groups in total. The molecule has 0 atom stereocenters. The Balaban J connectivity index is 2.14. The van der Waals surface area contributed by atoms with Crippen LogP contribution in [0.4, 0.5) is 11.4 Å². The summed E-state index contributed by atoms with van der Waals surface area (Å²) >= 11 is 0. The lowest BCUT2D eigenvalue weighted by Gasteiger charge is -2.23. The molecule has 0 bridgehead atoms. The number of sulfonamides is 1. The van der Waals surface area contributed by atoms with Crippen molar-refractivity contribution in [1.29, 1.82) is 0 Å². The highest BCUT2D eigenvalue weighted by molar-refractivity contribution is 7.92. The van der Waals surface area contributed by atoms with Crippen LogP contribution in [0.5, 0.6) is 0 Å². The summed E-state index contributed by atoms with van der Waals surface area (Å²) in [5, 5.41) is 2.91. The van der Waals surface area contributed by atoms with Gasteiger partial charge in [0.25, 0.3) is 0 Å². The highest BCUT2D eigenvalue weighted by Gasteiger charge is 2.19. The number of carbonyl (C=O) groups excluding carboxylic acids is 1. The Hall–Kier alpha value is -2.34. The molecule has 0 aliphatic carbocycles.